The summed E-state index contributed by atoms with van der Waals surface area (Å²) >= 11 is 0. The number of unbranched alkanes of at least 4 members (excludes halogenated alkanes) is 6. The molecule has 0 amide bonds. The van der Waals surface area contributed by atoms with Crippen LogP contribution in [0.1, 0.15) is 64.2 Å². The van der Waals surface area contributed by atoms with Crippen LogP contribution in [0, 0.1) is 11.8 Å². The lowest BCUT2D eigenvalue weighted by molar-refractivity contribution is 0.0749. The van der Waals surface area contributed by atoms with Crippen LogP contribution >= 0.6 is 0 Å². The number of methoxy groups -OCH3 is 1. The van der Waals surface area contributed by atoms with E-state index in [0.29, 0.717) is 13.0 Å². The molecule has 1 fully saturated rings. The van der Waals surface area contributed by atoms with Crippen molar-refractivity contribution < 1.29 is 20.1 Å². The van der Waals surface area contributed by atoms with Crippen molar-refractivity contribution in [2.24, 2.45) is 11.8 Å². The van der Waals surface area contributed by atoms with E-state index in [-0.39, 0.29) is 30.7 Å². The summed E-state index contributed by atoms with van der Waals surface area (Å²) < 4.78 is 5.60. The van der Waals surface area contributed by atoms with Gasteiger partial charge in [0.25, 0.3) is 0 Å². The maximum absolute atomic E-state index is 10.4. The van der Waals surface area contributed by atoms with Crippen molar-refractivity contribution in [1.82, 2.24) is 0 Å². The molecule has 0 radical (unpaired) electrons. The SMILES string of the molecule is CO[C@H]1C[C@@H](O)C(CC=CCCCCO)[C@@H]1C=CCCCCCCO. The molecule has 3 N–H and O–H groups in total. The molecule has 0 aromatic carbocycles. The van der Waals surface area contributed by atoms with Crippen molar-refractivity contribution in [1.29, 1.82) is 0 Å². The van der Waals surface area contributed by atoms with Crippen molar-refractivity contribution in [2.75, 3.05) is 20.3 Å². The van der Waals surface area contributed by atoms with Gasteiger partial charge in [0.2, 0.25) is 0 Å². The fourth-order valence-corrected chi connectivity index (χ4v) is 3.66. The summed E-state index contributed by atoms with van der Waals surface area (Å²) in [6.45, 7) is 0.554. The van der Waals surface area contributed by atoms with Gasteiger partial charge in [0.05, 0.1) is 12.2 Å². The van der Waals surface area contributed by atoms with Gasteiger partial charge in [-0.15, -0.1) is 0 Å². The zero-order valence-corrected chi connectivity index (χ0v) is 15.9. The maximum atomic E-state index is 10.4. The second-order valence-electron chi connectivity index (χ2n) is 7.10. The second-order valence-corrected chi connectivity index (χ2v) is 7.10. The van der Waals surface area contributed by atoms with Gasteiger partial charge in [-0.3, -0.25) is 0 Å². The Bertz CT molecular complexity index is 367. The average Bonchev–Trinajstić information content (AvgIpc) is 2.92. The van der Waals surface area contributed by atoms with E-state index < -0.39 is 0 Å². The van der Waals surface area contributed by atoms with E-state index >= 15 is 0 Å². The first-order valence-electron chi connectivity index (χ1n) is 9.98. The number of rotatable bonds is 14. The van der Waals surface area contributed by atoms with Gasteiger partial charge in [0.1, 0.15) is 0 Å². The fraction of sp³-hybridized carbons (Fsp3) is 0.810. The Morgan fingerprint density at radius 3 is 2.24 bits per heavy atom. The molecule has 0 bridgehead atoms. The highest BCUT2D eigenvalue weighted by Gasteiger charge is 2.40. The van der Waals surface area contributed by atoms with Crippen molar-refractivity contribution in [3.05, 3.63) is 24.3 Å². The van der Waals surface area contributed by atoms with Gasteiger partial charge in [0.15, 0.2) is 0 Å². The Kier molecular flexibility index (Phi) is 13.0. The Labute approximate surface area is 153 Å². The van der Waals surface area contributed by atoms with E-state index in [1.54, 1.807) is 7.11 Å². The molecule has 1 rings (SSSR count). The van der Waals surface area contributed by atoms with E-state index in [1.165, 1.54) is 0 Å². The molecule has 0 saturated heterocycles. The lowest BCUT2D eigenvalue weighted by Crippen LogP contribution is -2.21. The molecule has 25 heavy (non-hydrogen) atoms. The summed E-state index contributed by atoms with van der Waals surface area (Å²) in [5, 5.41) is 28.0. The monoisotopic (exact) mass is 354 g/mol. The van der Waals surface area contributed by atoms with Crippen molar-refractivity contribution >= 4 is 0 Å². The molecule has 1 aliphatic carbocycles. The Hall–Kier alpha value is -0.680. The summed E-state index contributed by atoms with van der Waals surface area (Å²) in [6, 6.07) is 0. The van der Waals surface area contributed by atoms with Crippen LogP contribution in [0.4, 0.5) is 0 Å². The first-order chi connectivity index (χ1) is 12.2. The van der Waals surface area contributed by atoms with Crippen LogP contribution in [0.3, 0.4) is 0 Å². The number of hydrogen-bond acceptors (Lipinski definition) is 4. The van der Waals surface area contributed by atoms with E-state index in [0.717, 1.165) is 57.8 Å². The standard InChI is InChI=1S/C21H38O4/c1-25-21-17-20(24)18(13-9-6-4-8-12-16-23)19(21)14-10-5-2-3-7-11-15-22/h6,9-10,14,18-24H,2-5,7-8,11-13,15-17H2,1H3/t18?,19-,20+,21-/m0/s1. The number of ether oxygens (including phenoxy) is 1. The molecular weight excluding hydrogens is 316 g/mol. The molecule has 0 spiro atoms. The molecule has 1 unspecified atom stereocenters. The molecule has 1 aliphatic rings. The van der Waals surface area contributed by atoms with Gasteiger partial charge < -0.3 is 20.1 Å². The summed E-state index contributed by atoms with van der Waals surface area (Å²) in [6.07, 6.45) is 18.5. The normalized spacial score (nSPS) is 27.0. The highest BCUT2D eigenvalue weighted by molar-refractivity contribution is 5.05. The lowest BCUT2D eigenvalue weighted by atomic mass is 9.89. The summed E-state index contributed by atoms with van der Waals surface area (Å²) in [5.74, 6) is 0.504. The number of allylic oxidation sites excluding steroid dienone is 3. The number of aliphatic hydroxyl groups is 3. The molecule has 0 aliphatic heterocycles. The zero-order chi connectivity index (χ0) is 18.3. The maximum Gasteiger partial charge on any atom is 0.0662 e. The first-order valence-corrected chi connectivity index (χ1v) is 9.98. The topological polar surface area (TPSA) is 69.9 Å². The summed E-state index contributed by atoms with van der Waals surface area (Å²) in [7, 11) is 1.74. The molecule has 4 nitrogen and oxygen atoms in total. The Morgan fingerprint density at radius 1 is 0.880 bits per heavy atom. The van der Waals surface area contributed by atoms with Gasteiger partial charge >= 0.3 is 0 Å². The summed E-state index contributed by atoms with van der Waals surface area (Å²) in [5.41, 5.74) is 0. The third kappa shape index (κ3) is 9.00. The van der Waals surface area contributed by atoms with E-state index in [9.17, 15) is 5.11 Å². The lowest BCUT2D eigenvalue weighted by Gasteiger charge is -2.20. The first kappa shape index (κ1) is 22.4. The van der Waals surface area contributed by atoms with Crippen molar-refractivity contribution in [2.45, 2.75) is 76.4 Å². The third-order valence-corrected chi connectivity index (χ3v) is 5.19. The highest BCUT2D eigenvalue weighted by Crippen LogP contribution is 2.37. The van der Waals surface area contributed by atoms with Crippen molar-refractivity contribution in [3.63, 3.8) is 0 Å². The van der Waals surface area contributed by atoms with Gasteiger partial charge in [-0.05, 0) is 50.9 Å². The Morgan fingerprint density at radius 2 is 1.52 bits per heavy atom. The number of aliphatic hydroxyl groups excluding tert-OH is 3. The van der Waals surface area contributed by atoms with E-state index in [1.807, 2.05) is 0 Å². The predicted molar refractivity (Wildman–Crippen MR) is 102 cm³/mol. The smallest absolute Gasteiger partial charge is 0.0662 e. The van der Waals surface area contributed by atoms with Crippen LogP contribution in [0.5, 0.6) is 0 Å². The fourth-order valence-electron chi connectivity index (χ4n) is 3.66. The zero-order valence-electron chi connectivity index (χ0n) is 15.9. The molecular formula is C21H38O4. The molecule has 4 atom stereocenters. The minimum atomic E-state index is -0.300. The minimum Gasteiger partial charge on any atom is -0.396 e. The molecule has 0 aromatic rings. The largest absolute Gasteiger partial charge is 0.396 e. The van der Waals surface area contributed by atoms with E-state index in [2.05, 4.69) is 24.3 Å². The van der Waals surface area contributed by atoms with Gasteiger partial charge in [-0.2, -0.15) is 0 Å². The molecule has 0 aromatic heterocycles. The van der Waals surface area contributed by atoms with Crippen LogP contribution in [-0.4, -0.2) is 47.9 Å². The average molecular weight is 355 g/mol. The van der Waals surface area contributed by atoms with Crippen LogP contribution in [0.25, 0.3) is 0 Å². The van der Waals surface area contributed by atoms with Crippen molar-refractivity contribution in [3.8, 4) is 0 Å². The van der Waals surface area contributed by atoms with Crippen LogP contribution in [0.2, 0.25) is 0 Å². The Balaban J connectivity index is 2.41. The minimum absolute atomic E-state index is 0.105. The predicted octanol–water partition coefficient (Wildman–Crippen LogP) is 3.61. The molecule has 4 heteroatoms. The highest BCUT2D eigenvalue weighted by atomic mass is 16.5. The van der Waals surface area contributed by atoms with Gasteiger partial charge in [0, 0.05) is 32.7 Å². The van der Waals surface area contributed by atoms with E-state index in [4.69, 9.17) is 14.9 Å². The van der Waals surface area contributed by atoms with Gasteiger partial charge in [-0.1, -0.05) is 37.1 Å². The van der Waals surface area contributed by atoms with Gasteiger partial charge in [-0.25, -0.2) is 0 Å². The van der Waals surface area contributed by atoms with Crippen LogP contribution in [-0.2, 0) is 4.74 Å². The quantitative estimate of drug-likeness (QED) is 0.329. The number of hydrogen-bond donors (Lipinski definition) is 3. The second kappa shape index (κ2) is 14.5. The molecule has 0 heterocycles. The van der Waals surface area contributed by atoms with Crippen LogP contribution in [0.15, 0.2) is 24.3 Å². The summed E-state index contributed by atoms with van der Waals surface area (Å²) in [4.78, 5) is 0. The molecule has 1 saturated carbocycles. The third-order valence-electron chi connectivity index (χ3n) is 5.19. The van der Waals surface area contributed by atoms with Crippen LogP contribution < -0.4 is 0 Å². The molecule has 146 valence electrons.